The van der Waals surface area contributed by atoms with Gasteiger partial charge < -0.3 is 27.2 Å². The summed E-state index contributed by atoms with van der Waals surface area (Å²) >= 11 is 3.43. The minimum Gasteiger partial charge on any atom is -0.456 e. The second-order valence-corrected chi connectivity index (χ2v) is 25.0. The van der Waals surface area contributed by atoms with Gasteiger partial charge in [0.2, 0.25) is 0 Å². The van der Waals surface area contributed by atoms with E-state index in [1.54, 1.807) is 0 Å². The first-order valence-electron chi connectivity index (χ1n) is 30.9. The van der Waals surface area contributed by atoms with E-state index in [2.05, 4.69) is 283 Å². The molecule has 8 aromatic heterocycles. The normalized spacial score (nSPS) is 12.2. The average Bonchev–Trinajstić information content (AvgIpc) is 1.56. The van der Waals surface area contributed by atoms with E-state index in [0.717, 1.165) is 43.3 Å². The lowest BCUT2D eigenvalue weighted by atomic mass is 9.98. The highest BCUT2D eigenvalue weighted by molar-refractivity contribution is 9.10. The predicted octanol–water partition coefficient (Wildman–Crippen LogP) is 24.0. The Morgan fingerprint density at radius 2 is 0.615 bits per heavy atom. The monoisotopic (exact) mass is 1220 g/mol. The highest BCUT2D eigenvalue weighted by Gasteiger charge is 2.22. The lowest BCUT2D eigenvalue weighted by Gasteiger charge is -2.09. The van der Waals surface area contributed by atoms with E-state index in [1.807, 2.05) is 42.5 Å². The molecule has 8 heterocycles. The number of aromatic nitrogens is 4. The summed E-state index contributed by atoms with van der Waals surface area (Å²) in [6, 6.07) is 105. The molecule has 0 aliphatic rings. The van der Waals surface area contributed by atoms with E-state index in [1.165, 1.54) is 153 Å². The van der Waals surface area contributed by atoms with E-state index in [9.17, 15) is 0 Å². The molecule has 0 radical (unpaired) electrons. The molecule has 6 nitrogen and oxygen atoms in total. The molecule has 0 saturated heterocycles. The topological polar surface area (TPSA) is 55.8 Å². The number of hydrogen-bond acceptors (Lipinski definition) is 2. The van der Waals surface area contributed by atoms with Crippen LogP contribution in [-0.4, -0.2) is 18.4 Å². The van der Waals surface area contributed by atoms with Crippen LogP contribution in [0.15, 0.2) is 304 Å². The van der Waals surface area contributed by atoms with Crippen molar-refractivity contribution >= 4 is 180 Å². The summed E-state index contributed by atoms with van der Waals surface area (Å²) in [5, 5.41) is 20.1. The molecule has 424 valence electrons. The molecule has 14 aromatic carbocycles. The van der Waals surface area contributed by atoms with E-state index >= 15 is 0 Å². The average molecular weight is 1230 g/mol. The maximum Gasteiger partial charge on any atom is 0.137 e. The molecule has 22 rings (SSSR count). The fourth-order valence-electron chi connectivity index (χ4n) is 15.2. The fraction of sp³-hybridized carbons (Fsp3) is 0. The number of aromatic amines is 1. The number of hydrogen-bond donors (Lipinski definition) is 1. The van der Waals surface area contributed by atoms with Crippen LogP contribution in [0.5, 0.6) is 0 Å². The quantitative estimate of drug-likeness (QED) is 0.192. The first-order chi connectivity index (χ1) is 45.0. The molecule has 91 heavy (non-hydrogen) atoms. The van der Waals surface area contributed by atoms with Crippen molar-refractivity contribution in [2.75, 3.05) is 0 Å². The summed E-state index contributed by atoms with van der Waals surface area (Å²) < 4.78 is 20.3. The molecule has 1 N–H and O–H groups in total. The van der Waals surface area contributed by atoms with Gasteiger partial charge in [0.1, 0.15) is 22.3 Å². The van der Waals surface area contributed by atoms with Crippen LogP contribution in [0.25, 0.3) is 192 Å². The Hall–Kier alpha value is -11.6. The molecule has 0 amide bonds. The van der Waals surface area contributed by atoms with Crippen LogP contribution >= 0.6 is 15.9 Å². The highest BCUT2D eigenvalue weighted by Crippen LogP contribution is 2.46. The number of rotatable bonds is 3. The van der Waals surface area contributed by atoms with E-state index < -0.39 is 0 Å². The summed E-state index contributed by atoms with van der Waals surface area (Å²) in [4.78, 5) is 3.55. The van der Waals surface area contributed by atoms with Crippen molar-refractivity contribution in [2.24, 2.45) is 0 Å². The van der Waals surface area contributed by atoms with Gasteiger partial charge in [-0.3, -0.25) is 0 Å². The van der Waals surface area contributed by atoms with Crippen molar-refractivity contribution in [1.29, 1.82) is 0 Å². The van der Waals surface area contributed by atoms with Crippen LogP contribution in [0.4, 0.5) is 0 Å². The van der Waals surface area contributed by atoms with Gasteiger partial charge in [-0.05, 0) is 150 Å². The lowest BCUT2D eigenvalue weighted by Crippen LogP contribution is -1.93. The zero-order valence-corrected chi connectivity index (χ0v) is 50.3. The van der Waals surface area contributed by atoms with Crippen LogP contribution in [0.3, 0.4) is 0 Å². The SMILES string of the molecule is Brc1ccc2c(c1)oc1ccccc12.c1ccc2c(c1)[nH]c1ccc(-c3cc4c5ccccc5n5c6ccccc6c(c3)c45)cc12.c1ccc2c(c1)oc1cc(-n3c4ccccc4c4cc(-c5cc6c7ccccc7n7c8ccccc8c(c5)c67)ccc43)ccc12. The molecular formula is C84H49BrN4O2. The van der Waals surface area contributed by atoms with E-state index in [0.29, 0.717) is 0 Å². The molecular weight excluding hydrogens is 1180 g/mol. The lowest BCUT2D eigenvalue weighted by molar-refractivity contribution is 0.668. The van der Waals surface area contributed by atoms with Gasteiger partial charge in [0.15, 0.2) is 0 Å². The zero-order valence-electron chi connectivity index (χ0n) is 48.7. The molecule has 0 fully saturated rings. The smallest absolute Gasteiger partial charge is 0.137 e. The number of nitrogens with zero attached hydrogens (tertiary/aromatic N) is 3. The molecule has 0 aliphatic carbocycles. The van der Waals surface area contributed by atoms with Gasteiger partial charge in [-0.25, -0.2) is 0 Å². The van der Waals surface area contributed by atoms with Crippen molar-refractivity contribution in [3.05, 3.63) is 296 Å². The molecule has 7 heteroatoms. The highest BCUT2D eigenvalue weighted by atomic mass is 79.9. The Kier molecular flexibility index (Phi) is 10.6. The maximum absolute atomic E-state index is 6.29. The Morgan fingerprint density at radius 3 is 1.15 bits per heavy atom. The number of fused-ring (bicyclic) bond motifs is 24. The Morgan fingerprint density at radius 1 is 0.242 bits per heavy atom. The summed E-state index contributed by atoms with van der Waals surface area (Å²) in [6.07, 6.45) is 0. The maximum atomic E-state index is 6.29. The predicted molar refractivity (Wildman–Crippen MR) is 385 cm³/mol. The second kappa shape index (κ2) is 19.2. The van der Waals surface area contributed by atoms with Gasteiger partial charge in [0, 0.05) is 113 Å². The first-order valence-corrected chi connectivity index (χ1v) is 31.7. The van der Waals surface area contributed by atoms with Gasteiger partial charge in [0.05, 0.1) is 44.1 Å². The number of nitrogens with one attached hydrogen (secondary N) is 1. The third-order valence-corrected chi connectivity index (χ3v) is 19.7. The van der Waals surface area contributed by atoms with Gasteiger partial charge in [-0.2, -0.15) is 0 Å². The van der Waals surface area contributed by atoms with Crippen molar-refractivity contribution < 1.29 is 8.83 Å². The Balaban J connectivity index is 0.000000108. The van der Waals surface area contributed by atoms with Crippen LogP contribution in [-0.2, 0) is 0 Å². The van der Waals surface area contributed by atoms with E-state index in [-0.39, 0.29) is 0 Å². The van der Waals surface area contributed by atoms with Gasteiger partial charge >= 0.3 is 0 Å². The minimum atomic E-state index is 0.905. The summed E-state index contributed by atoms with van der Waals surface area (Å²) in [7, 11) is 0. The van der Waals surface area contributed by atoms with Crippen molar-refractivity contribution in [2.45, 2.75) is 0 Å². The number of para-hydroxylation sites is 8. The summed E-state index contributed by atoms with van der Waals surface area (Å²) in [5.41, 5.74) is 22.2. The molecule has 0 atom stereocenters. The Labute approximate surface area is 527 Å². The van der Waals surface area contributed by atoms with Gasteiger partial charge in [-0.1, -0.05) is 174 Å². The van der Waals surface area contributed by atoms with Gasteiger partial charge in [-0.15, -0.1) is 0 Å². The molecule has 0 aliphatic heterocycles. The van der Waals surface area contributed by atoms with Crippen LogP contribution in [0.1, 0.15) is 0 Å². The molecule has 0 spiro atoms. The van der Waals surface area contributed by atoms with Crippen molar-refractivity contribution in [3.63, 3.8) is 0 Å². The number of benzene rings is 14. The van der Waals surface area contributed by atoms with Crippen molar-refractivity contribution in [3.8, 4) is 27.9 Å². The molecule has 0 unspecified atom stereocenters. The van der Waals surface area contributed by atoms with Crippen LogP contribution < -0.4 is 0 Å². The summed E-state index contributed by atoms with van der Waals surface area (Å²) in [6.45, 7) is 0. The molecule has 0 saturated carbocycles. The number of furan rings is 2. The Bertz CT molecular complexity index is 6580. The van der Waals surface area contributed by atoms with Crippen LogP contribution in [0.2, 0.25) is 0 Å². The summed E-state index contributed by atoms with van der Waals surface area (Å²) in [5.74, 6) is 0. The standard InChI is InChI=1S/C42H24N2O.C30H18N2.C12H7BrO/c1-5-13-36-28(9-1)33-21-25(17-20-39(33)43(36)27-18-19-32-31-12-4-8-16-40(31)45-41(32)24-27)26-22-34-29-10-2-6-14-37(29)44-38-15-7-3-11-30(38)35(23-26)42(34)44;1-4-10-26-20(7-1)23-15-18(13-14-27(23)31-26)19-16-24-21-8-2-5-11-28(21)32-29-12-6-3-9-22(29)25(17-19)30(24)32;13-8-5-6-10-9-3-1-2-4-11(9)14-12(10)7-8/h1-24H;1-17,31H;1-7H. The zero-order chi connectivity index (χ0) is 59.6. The second-order valence-electron chi connectivity index (χ2n) is 24.1. The third-order valence-electron chi connectivity index (χ3n) is 19.2. The first kappa shape index (κ1) is 50.4. The minimum absolute atomic E-state index is 0.905. The molecule has 22 aromatic rings. The van der Waals surface area contributed by atoms with Crippen molar-refractivity contribution in [1.82, 2.24) is 18.4 Å². The third kappa shape index (κ3) is 7.41. The number of H-pyrrole nitrogens is 1. The van der Waals surface area contributed by atoms with Gasteiger partial charge in [0.25, 0.3) is 0 Å². The van der Waals surface area contributed by atoms with Crippen LogP contribution in [0, 0.1) is 0 Å². The fourth-order valence-corrected chi connectivity index (χ4v) is 15.6. The van der Waals surface area contributed by atoms with E-state index in [4.69, 9.17) is 8.83 Å². The largest absolute Gasteiger partial charge is 0.456 e. The number of halogens is 1. The molecule has 0 bridgehead atoms.